The zero-order chi connectivity index (χ0) is 31.3. The molecule has 0 aliphatic heterocycles. The first-order valence-corrected chi connectivity index (χ1v) is 16.4. The first kappa shape index (κ1) is 25.6. The molecule has 48 heavy (non-hydrogen) atoms. The van der Waals surface area contributed by atoms with Crippen molar-refractivity contribution < 1.29 is 0 Å². The van der Waals surface area contributed by atoms with Gasteiger partial charge in [0, 0.05) is 43.3 Å². The fraction of sp³-hybridized carbons (Fsp3) is 0. The molecule has 4 heterocycles. The van der Waals surface area contributed by atoms with E-state index in [0.29, 0.717) is 5.95 Å². The molecule has 0 unspecified atom stereocenters. The van der Waals surface area contributed by atoms with Gasteiger partial charge in [0.25, 0.3) is 0 Å². The van der Waals surface area contributed by atoms with Gasteiger partial charge in [0.05, 0.1) is 38.8 Å². The number of rotatable bonds is 3. The minimum Gasteiger partial charge on any atom is -0.308 e. The van der Waals surface area contributed by atoms with Crippen molar-refractivity contribution in [3.63, 3.8) is 0 Å². The fourth-order valence-electron chi connectivity index (χ4n) is 8.00. The summed E-state index contributed by atoms with van der Waals surface area (Å²) in [6.45, 7) is 0. The maximum atomic E-state index is 5.43. The molecule has 0 spiro atoms. The van der Waals surface area contributed by atoms with Crippen LogP contribution in [0.2, 0.25) is 0 Å². The van der Waals surface area contributed by atoms with Crippen LogP contribution < -0.4 is 0 Å². The number of benzene rings is 7. The lowest BCUT2D eigenvalue weighted by atomic mass is 10.0. The second-order valence-corrected chi connectivity index (χ2v) is 12.6. The summed E-state index contributed by atoms with van der Waals surface area (Å²) in [4.78, 5) is 10.7. The Balaban J connectivity index is 1.27. The number of nitrogens with zero attached hydrogens (tertiary/aromatic N) is 4. The average Bonchev–Trinajstić information content (AvgIpc) is 3.79. The summed E-state index contributed by atoms with van der Waals surface area (Å²) in [5.74, 6) is 0.671. The molecule has 4 heteroatoms. The molecule has 7 aromatic carbocycles. The number of aromatic nitrogens is 4. The van der Waals surface area contributed by atoms with Gasteiger partial charge in [-0.2, -0.15) is 0 Å². The molecule has 4 aromatic heterocycles. The standard InChI is InChI=1S/C44H26N4/c1-2-12-27(13-3-1)28-22-24-29(25-23-28)41-32-16-4-8-18-36(32)45-44(46-41)48-38-20-10-6-15-31(38)35-26-34-30-14-5-9-19-37(30)47-39-21-11-7-17-33(39)40(42(34)47)43(35)48/h1-26H. The highest BCUT2D eigenvalue weighted by molar-refractivity contribution is 6.34. The van der Waals surface area contributed by atoms with E-state index < -0.39 is 0 Å². The second kappa shape index (κ2) is 9.50. The fourth-order valence-corrected chi connectivity index (χ4v) is 8.00. The summed E-state index contributed by atoms with van der Waals surface area (Å²) in [7, 11) is 0. The smallest absolute Gasteiger partial charge is 0.235 e. The lowest BCUT2D eigenvalue weighted by Gasteiger charge is -2.13. The minimum absolute atomic E-state index is 0.671. The van der Waals surface area contributed by atoms with E-state index in [2.05, 4.69) is 167 Å². The van der Waals surface area contributed by atoms with Gasteiger partial charge in [0.1, 0.15) is 0 Å². The third-order valence-corrected chi connectivity index (χ3v) is 10.1. The molecule has 0 saturated carbocycles. The van der Waals surface area contributed by atoms with Crippen LogP contribution in [0.3, 0.4) is 0 Å². The van der Waals surface area contributed by atoms with Gasteiger partial charge in [-0.05, 0) is 41.5 Å². The van der Waals surface area contributed by atoms with Gasteiger partial charge >= 0.3 is 0 Å². The van der Waals surface area contributed by atoms with E-state index in [1.54, 1.807) is 0 Å². The predicted molar refractivity (Wildman–Crippen MR) is 199 cm³/mol. The Morgan fingerprint density at radius 3 is 1.69 bits per heavy atom. The van der Waals surface area contributed by atoms with E-state index in [1.165, 1.54) is 60.0 Å². The Morgan fingerprint density at radius 2 is 0.917 bits per heavy atom. The zero-order valence-corrected chi connectivity index (χ0v) is 25.8. The van der Waals surface area contributed by atoms with Gasteiger partial charge < -0.3 is 4.40 Å². The summed E-state index contributed by atoms with van der Waals surface area (Å²) in [6, 6.07) is 56.2. The van der Waals surface area contributed by atoms with E-state index in [4.69, 9.17) is 9.97 Å². The molecule has 11 rings (SSSR count). The molecule has 0 saturated heterocycles. The molecule has 0 radical (unpaired) electrons. The maximum Gasteiger partial charge on any atom is 0.235 e. The van der Waals surface area contributed by atoms with Crippen LogP contribution in [0.1, 0.15) is 0 Å². The topological polar surface area (TPSA) is 35.1 Å². The number of hydrogen-bond acceptors (Lipinski definition) is 2. The highest BCUT2D eigenvalue weighted by Gasteiger charge is 2.25. The number of hydrogen-bond donors (Lipinski definition) is 0. The Morgan fingerprint density at radius 1 is 0.375 bits per heavy atom. The quantitative estimate of drug-likeness (QED) is 0.199. The average molecular weight is 611 g/mol. The maximum absolute atomic E-state index is 5.43. The molecular formula is C44H26N4. The van der Waals surface area contributed by atoms with Crippen LogP contribution in [0.15, 0.2) is 158 Å². The van der Waals surface area contributed by atoms with Crippen molar-refractivity contribution in [3.8, 4) is 28.3 Å². The van der Waals surface area contributed by atoms with E-state index in [0.717, 1.165) is 33.2 Å². The van der Waals surface area contributed by atoms with Crippen LogP contribution in [0.5, 0.6) is 0 Å². The van der Waals surface area contributed by atoms with E-state index in [1.807, 2.05) is 0 Å². The van der Waals surface area contributed by atoms with Gasteiger partial charge in [0.15, 0.2) is 0 Å². The number of para-hydroxylation sites is 4. The van der Waals surface area contributed by atoms with E-state index in [-0.39, 0.29) is 0 Å². The summed E-state index contributed by atoms with van der Waals surface area (Å²) < 4.78 is 4.75. The molecule has 0 aliphatic rings. The third-order valence-electron chi connectivity index (χ3n) is 10.1. The van der Waals surface area contributed by atoms with Crippen LogP contribution in [0.25, 0.3) is 99.1 Å². The lowest BCUT2D eigenvalue weighted by Crippen LogP contribution is -2.03. The molecule has 0 amide bonds. The summed E-state index contributed by atoms with van der Waals surface area (Å²) in [5, 5.41) is 8.44. The predicted octanol–water partition coefficient (Wildman–Crippen LogP) is 11.2. The van der Waals surface area contributed by atoms with Crippen molar-refractivity contribution in [1.82, 2.24) is 18.9 Å². The van der Waals surface area contributed by atoms with Crippen LogP contribution in [-0.4, -0.2) is 18.9 Å². The molecular weight excluding hydrogens is 585 g/mol. The monoisotopic (exact) mass is 610 g/mol. The van der Waals surface area contributed by atoms with Gasteiger partial charge in [-0.25, -0.2) is 9.97 Å². The molecule has 0 bridgehead atoms. The van der Waals surface area contributed by atoms with Gasteiger partial charge in [0.2, 0.25) is 5.95 Å². The number of fused-ring (bicyclic) bond motifs is 11. The highest BCUT2D eigenvalue weighted by atomic mass is 15.2. The molecule has 4 nitrogen and oxygen atoms in total. The summed E-state index contributed by atoms with van der Waals surface area (Å²) in [6.07, 6.45) is 0. The molecule has 11 aromatic rings. The van der Waals surface area contributed by atoms with Crippen molar-refractivity contribution >= 4 is 70.8 Å². The van der Waals surface area contributed by atoms with E-state index in [9.17, 15) is 0 Å². The Labute approximate surface area is 275 Å². The van der Waals surface area contributed by atoms with Crippen molar-refractivity contribution in [2.24, 2.45) is 0 Å². The Bertz CT molecular complexity index is 3040. The first-order valence-electron chi connectivity index (χ1n) is 16.4. The lowest BCUT2D eigenvalue weighted by molar-refractivity contribution is 1.02. The molecule has 0 aliphatic carbocycles. The van der Waals surface area contributed by atoms with Gasteiger partial charge in [-0.15, -0.1) is 0 Å². The molecule has 222 valence electrons. The SMILES string of the molecule is c1ccc(-c2ccc(-c3nc(-n4c5ccccc5c5cc6c7ccccc7n7c8ccccc8c(c54)c67)nc4ccccc34)cc2)cc1. The molecule has 0 N–H and O–H groups in total. The van der Waals surface area contributed by atoms with E-state index >= 15 is 0 Å². The molecule has 0 atom stereocenters. The Kier molecular flexibility index (Phi) is 5.08. The van der Waals surface area contributed by atoms with Crippen LogP contribution >= 0.6 is 0 Å². The van der Waals surface area contributed by atoms with Gasteiger partial charge in [-0.1, -0.05) is 127 Å². The van der Waals surface area contributed by atoms with Crippen molar-refractivity contribution in [1.29, 1.82) is 0 Å². The van der Waals surface area contributed by atoms with Crippen molar-refractivity contribution in [2.75, 3.05) is 0 Å². The zero-order valence-electron chi connectivity index (χ0n) is 25.8. The van der Waals surface area contributed by atoms with Crippen LogP contribution in [0.4, 0.5) is 0 Å². The second-order valence-electron chi connectivity index (χ2n) is 12.6. The molecule has 0 fully saturated rings. The minimum atomic E-state index is 0.671. The largest absolute Gasteiger partial charge is 0.308 e. The third kappa shape index (κ3) is 3.38. The summed E-state index contributed by atoms with van der Waals surface area (Å²) >= 11 is 0. The van der Waals surface area contributed by atoms with Crippen LogP contribution in [-0.2, 0) is 0 Å². The Hall–Kier alpha value is -6.52. The van der Waals surface area contributed by atoms with Crippen LogP contribution in [0, 0.1) is 0 Å². The van der Waals surface area contributed by atoms with Crippen molar-refractivity contribution in [3.05, 3.63) is 158 Å². The van der Waals surface area contributed by atoms with Crippen molar-refractivity contribution in [2.45, 2.75) is 0 Å². The first-order chi connectivity index (χ1) is 23.8. The van der Waals surface area contributed by atoms with Gasteiger partial charge in [-0.3, -0.25) is 4.57 Å². The summed E-state index contributed by atoms with van der Waals surface area (Å²) in [5.41, 5.74) is 11.2. The normalized spacial score (nSPS) is 12.2. The highest BCUT2D eigenvalue weighted by Crippen LogP contribution is 2.46.